The fraction of sp³-hybridized carbons (Fsp3) is 0.176. The molecule has 9 heteroatoms. The summed E-state index contributed by atoms with van der Waals surface area (Å²) in [5, 5.41) is 11.9. The van der Waals surface area contributed by atoms with E-state index >= 15 is 0 Å². The van der Waals surface area contributed by atoms with Crippen molar-refractivity contribution in [1.29, 1.82) is 0 Å². The van der Waals surface area contributed by atoms with Crippen molar-refractivity contribution in [1.82, 2.24) is 24.7 Å². The number of benzene rings is 1. The lowest BCUT2D eigenvalue weighted by Gasteiger charge is -2.07. The first-order chi connectivity index (χ1) is 12.7. The molecule has 4 aromatic rings. The number of aromatic nitrogens is 5. The van der Waals surface area contributed by atoms with Crippen LogP contribution < -0.4 is 5.56 Å². The molecule has 0 spiro atoms. The highest BCUT2D eigenvalue weighted by atomic mass is 35.5. The Balaban J connectivity index is 1.61. The number of halogens is 1. The highest BCUT2D eigenvalue weighted by Gasteiger charge is 2.14. The fourth-order valence-electron chi connectivity index (χ4n) is 2.64. The van der Waals surface area contributed by atoms with Crippen molar-refractivity contribution in [2.75, 3.05) is 0 Å². The summed E-state index contributed by atoms with van der Waals surface area (Å²) in [5.41, 5.74) is 1.55. The van der Waals surface area contributed by atoms with Crippen LogP contribution in [-0.4, -0.2) is 24.7 Å². The molecule has 4 rings (SSSR count). The number of nitrogens with zero attached hydrogens (tertiary/aromatic N) is 4. The third-order valence-electron chi connectivity index (χ3n) is 3.82. The summed E-state index contributed by atoms with van der Waals surface area (Å²) >= 11 is 8.97. The lowest BCUT2D eigenvalue weighted by Crippen LogP contribution is -2.09. The predicted molar refractivity (Wildman–Crippen MR) is 106 cm³/mol. The van der Waals surface area contributed by atoms with Gasteiger partial charge in [-0.3, -0.25) is 4.79 Å². The Morgan fingerprint density at radius 3 is 3.00 bits per heavy atom. The zero-order valence-corrected chi connectivity index (χ0v) is 16.2. The summed E-state index contributed by atoms with van der Waals surface area (Å²) in [4.78, 5) is 19.4. The molecule has 1 aromatic carbocycles. The Bertz CT molecular complexity index is 1130. The van der Waals surface area contributed by atoms with E-state index in [1.165, 1.54) is 23.1 Å². The van der Waals surface area contributed by atoms with Gasteiger partial charge in [0.2, 0.25) is 0 Å². The van der Waals surface area contributed by atoms with Gasteiger partial charge in [0.1, 0.15) is 10.5 Å². The van der Waals surface area contributed by atoms with Crippen LogP contribution in [0.15, 0.2) is 45.7 Å². The van der Waals surface area contributed by atoms with Crippen LogP contribution in [0.5, 0.6) is 0 Å². The number of rotatable bonds is 5. The van der Waals surface area contributed by atoms with Gasteiger partial charge >= 0.3 is 0 Å². The minimum atomic E-state index is -0.0998. The molecule has 0 bridgehead atoms. The SMILES string of the molecule is CCn1c(SCc2nc3ccsc3c(=O)[nH]2)nnc1-c1cccc(Cl)c1. The van der Waals surface area contributed by atoms with E-state index in [1.54, 1.807) is 0 Å². The summed E-state index contributed by atoms with van der Waals surface area (Å²) in [6.07, 6.45) is 0. The summed E-state index contributed by atoms with van der Waals surface area (Å²) in [7, 11) is 0. The van der Waals surface area contributed by atoms with Crippen LogP contribution in [0.1, 0.15) is 12.7 Å². The second-order valence-electron chi connectivity index (χ2n) is 5.50. The van der Waals surface area contributed by atoms with Crippen LogP contribution in [0.25, 0.3) is 21.6 Å². The molecular formula is C17H14ClN5OS2. The first-order valence-corrected chi connectivity index (χ1v) is 10.2. The molecule has 0 atom stereocenters. The normalized spacial score (nSPS) is 11.3. The zero-order valence-electron chi connectivity index (χ0n) is 13.8. The van der Waals surface area contributed by atoms with Gasteiger partial charge in [-0.1, -0.05) is 35.5 Å². The third kappa shape index (κ3) is 3.27. The van der Waals surface area contributed by atoms with Gasteiger partial charge in [0.05, 0.1) is 11.3 Å². The monoisotopic (exact) mass is 403 g/mol. The highest BCUT2D eigenvalue weighted by Crippen LogP contribution is 2.27. The fourth-order valence-corrected chi connectivity index (χ4v) is 4.43. The molecule has 0 aliphatic heterocycles. The second-order valence-corrected chi connectivity index (χ2v) is 7.79. The van der Waals surface area contributed by atoms with Crippen LogP contribution in [-0.2, 0) is 12.3 Å². The van der Waals surface area contributed by atoms with Gasteiger partial charge in [-0.25, -0.2) is 4.98 Å². The van der Waals surface area contributed by atoms with E-state index in [1.807, 2.05) is 47.2 Å². The van der Waals surface area contributed by atoms with Crippen molar-refractivity contribution < 1.29 is 0 Å². The number of aromatic amines is 1. The summed E-state index contributed by atoms with van der Waals surface area (Å²) < 4.78 is 2.68. The largest absolute Gasteiger partial charge is 0.309 e. The Morgan fingerprint density at radius 2 is 2.19 bits per heavy atom. The average Bonchev–Trinajstić information content (AvgIpc) is 3.26. The summed E-state index contributed by atoms with van der Waals surface area (Å²) in [6, 6.07) is 9.41. The number of thiophene rings is 1. The van der Waals surface area contributed by atoms with Crippen molar-refractivity contribution >= 4 is 44.9 Å². The van der Waals surface area contributed by atoms with E-state index in [4.69, 9.17) is 11.6 Å². The van der Waals surface area contributed by atoms with E-state index in [9.17, 15) is 4.79 Å². The van der Waals surface area contributed by atoms with E-state index in [2.05, 4.69) is 20.2 Å². The molecule has 0 fully saturated rings. The maximum Gasteiger partial charge on any atom is 0.268 e. The van der Waals surface area contributed by atoms with Crippen LogP contribution in [0, 0.1) is 0 Å². The van der Waals surface area contributed by atoms with Crippen LogP contribution in [0.3, 0.4) is 0 Å². The zero-order chi connectivity index (χ0) is 18.1. The molecule has 132 valence electrons. The second kappa shape index (κ2) is 7.22. The van der Waals surface area contributed by atoms with Gasteiger partial charge in [0.15, 0.2) is 11.0 Å². The van der Waals surface area contributed by atoms with Crippen molar-refractivity contribution in [3.05, 3.63) is 56.9 Å². The Morgan fingerprint density at radius 1 is 1.31 bits per heavy atom. The van der Waals surface area contributed by atoms with Crippen molar-refractivity contribution in [3.8, 4) is 11.4 Å². The third-order valence-corrected chi connectivity index (χ3v) is 5.93. The minimum absolute atomic E-state index is 0.0998. The number of fused-ring (bicyclic) bond motifs is 1. The molecule has 1 N–H and O–H groups in total. The van der Waals surface area contributed by atoms with Crippen molar-refractivity contribution in [2.24, 2.45) is 0 Å². The van der Waals surface area contributed by atoms with Gasteiger partial charge < -0.3 is 9.55 Å². The number of nitrogens with one attached hydrogen (secondary N) is 1. The smallest absolute Gasteiger partial charge is 0.268 e. The summed E-state index contributed by atoms with van der Waals surface area (Å²) in [5.74, 6) is 1.91. The maximum absolute atomic E-state index is 12.1. The Kier molecular flexibility index (Phi) is 4.80. The quantitative estimate of drug-likeness (QED) is 0.505. The Labute approximate surface area is 162 Å². The van der Waals surface area contributed by atoms with Crippen molar-refractivity contribution in [3.63, 3.8) is 0 Å². The standard InChI is InChI=1S/C17H14ClN5OS2/c1-2-23-15(10-4-3-5-11(18)8-10)21-22-17(23)26-9-13-19-12-6-7-25-14(12)16(24)20-13/h3-8H,2,9H2,1H3,(H,19,20,24). The van der Waals surface area contributed by atoms with Crippen LogP contribution in [0.2, 0.25) is 5.02 Å². The molecule has 0 amide bonds. The van der Waals surface area contributed by atoms with Gasteiger partial charge in [-0.05, 0) is 30.5 Å². The van der Waals surface area contributed by atoms with Gasteiger partial charge in [-0.15, -0.1) is 21.5 Å². The number of thioether (sulfide) groups is 1. The predicted octanol–water partition coefficient (Wildman–Crippen LogP) is 4.21. The van der Waals surface area contributed by atoms with Gasteiger partial charge in [0.25, 0.3) is 5.56 Å². The lowest BCUT2D eigenvalue weighted by molar-refractivity contribution is 0.687. The molecule has 0 saturated carbocycles. The molecule has 0 saturated heterocycles. The van der Waals surface area contributed by atoms with Crippen LogP contribution in [0.4, 0.5) is 0 Å². The number of H-pyrrole nitrogens is 1. The maximum atomic E-state index is 12.1. The molecule has 26 heavy (non-hydrogen) atoms. The average molecular weight is 404 g/mol. The van der Waals surface area contributed by atoms with E-state index in [0.717, 1.165) is 28.6 Å². The molecule has 3 aromatic heterocycles. The lowest BCUT2D eigenvalue weighted by atomic mass is 10.2. The number of hydrogen-bond acceptors (Lipinski definition) is 6. The first-order valence-electron chi connectivity index (χ1n) is 7.94. The first kappa shape index (κ1) is 17.3. The van der Waals surface area contributed by atoms with E-state index in [0.29, 0.717) is 21.3 Å². The van der Waals surface area contributed by atoms with Crippen molar-refractivity contribution in [2.45, 2.75) is 24.4 Å². The molecule has 0 aliphatic rings. The number of hydrogen-bond donors (Lipinski definition) is 1. The molecule has 0 radical (unpaired) electrons. The van der Waals surface area contributed by atoms with E-state index in [-0.39, 0.29) is 5.56 Å². The molecule has 0 aliphatic carbocycles. The molecule has 6 nitrogen and oxygen atoms in total. The molecule has 3 heterocycles. The minimum Gasteiger partial charge on any atom is -0.309 e. The molecule has 0 unspecified atom stereocenters. The van der Waals surface area contributed by atoms with E-state index < -0.39 is 0 Å². The van der Waals surface area contributed by atoms with Gasteiger partial charge in [-0.2, -0.15) is 0 Å². The Hall–Kier alpha value is -2.16. The van der Waals surface area contributed by atoms with Gasteiger partial charge in [0, 0.05) is 17.1 Å². The topological polar surface area (TPSA) is 76.5 Å². The highest BCUT2D eigenvalue weighted by molar-refractivity contribution is 7.98. The molecular weight excluding hydrogens is 390 g/mol. The summed E-state index contributed by atoms with van der Waals surface area (Å²) in [6.45, 7) is 2.77. The van der Waals surface area contributed by atoms with Crippen LogP contribution >= 0.6 is 34.7 Å².